The molecule has 0 amide bonds. The average Bonchev–Trinajstić information content (AvgIpc) is 2.86. The number of hydrogen-bond donors (Lipinski definition) is 1. The lowest BCUT2D eigenvalue weighted by Crippen LogP contribution is -2.27. The zero-order chi connectivity index (χ0) is 17.9. The highest BCUT2D eigenvalue weighted by atomic mass is 16.4. The molecule has 0 radical (unpaired) electrons. The van der Waals surface area contributed by atoms with E-state index in [-0.39, 0.29) is 11.8 Å². The van der Waals surface area contributed by atoms with Gasteiger partial charge in [0.05, 0.1) is 5.69 Å². The normalized spacial score (nSPS) is 18.7. The van der Waals surface area contributed by atoms with Gasteiger partial charge in [0.2, 0.25) is 0 Å². The van der Waals surface area contributed by atoms with Gasteiger partial charge in [-0.2, -0.15) is 0 Å². The monoisotopic (exact) mass is 336 g/mol. The molecule has 1 N–H and O–H groups in total. The van der Waals surface area contributed by atoms with Gasteiger partial charge in [-0.3, -0.25) is 14.8 Å². The molecule has 3 rings (SSSR count). The minimum atomic E-state index is -0.711. The Hall–Kier alpha value is -2.49. The largest absolute Gasteiger partial charge is 0.481 e. The zero-order valence-corrected chi connectivity index (χ0v) is 14.8. The Bertz CT molecular complexity index is 799. The number of hydrogen-bond acceptors (Lipinski definition) is 3. The van der Waals surface area contributed by atoms with Crippen LogP contribution in [0.5, 0.6) is 0 Å². The second-order valence-corrected chi connectivity index (χ2v) is 6.95. The van der Waals surface area contributed by atoms with E-state index in [0.29, 0.717) is 0 Å². The van der Waals surface area contributed by atoms with Crippen LogP contribution in [0.15, 0.2) is 47.7 Å². The van der Waals surface area contributed by atoms with Crippen molar-refractivity contribution in [2.45, 2.75) is 51.4 Å². The molecule has 0 fully saturated rings. The molecule has 2 heterocycles. The summed E-state index contributed by atoms with van der Waals surface area (Å²) in [6.45, 7) is 4.36. The third-order valence-electron chi connectivity index (χ3n) is 5.26. The van der Waals surface area contributed by atoms with Gasteiger partial charge in [-0.1, -0.05) is 25.8 Å². The molecule has 1 aromatic carbocycles. The van der Waals surface area contributed by atoms with Crippen molar-refractivity contribution in [1.29, 1.82) is 0 Å². The maximum Gasteiger partial charge on any atom is 0.303 e. The van der Waals surface area contributed by atoms with E-state index in [1.165, 1.54) is 11.1 Å². The number of nitrogens with zero attached hydrogens (tertiary/aromatic N) is 2. The minimum absolute atomic E-state index is 0.0679. The highest BCUT2D eigenvalue weighted by molar-refractivity contribution is 6.00. The summed E-state index contributed by atoms with van der Waals surface area (Å²) in [6, 6.07) is 10.5. The van der Waals surface area contributed by atoms with Gasteiger partial charge >= 0.3 is 5.97 Å². The number of carbonyl (C=O) groups is 1. The van der Waals surface area contributed by atoms with Crippen LogP contribution in [0.1, 0.15) is 51.5 Å². The summed E-state index contributed by atoms with van der Waals surface area (Å²) in [7, 11) is 0. The Morgan fingerprint density at radius 3 is 2.56 bits per heavy atom. The molecular formula is C21H24N2O2. The second kappa shape index (κ2) is 7.18. The van der Waals surface area contributed by atoms with Crippen molar-refractivity contribution in [3.05, 3.63) is 48.3 Å². The number of carboxylic acids is 1. The van der Waals surface area contributed by atoms with E-state index in [1.54, 1.807) is 0 Å². The van der Waals surface area contributed by atoms with Crippen molar-refractivity contribution in [3.63, 3.8) is 0 Å². The number of fused-ring (bicyclic) bond motifs is 1. The van der Waals surface area contributed by atoms with Gasteiger partial charge in [0.15, 0.2) is 0 Å². The summed E-state index contributed by atoms with van der Waals surface area (Å²) < 4.78 is 0. The van der Waals surface area contributed by atoms with Gasteiger partial charge in [-0.25, -0.2) is 0 Å². The average molecular weight is 336 g/mol. The Labute approximate surface area is 148 Å². The topological polar surface area (TPSA) is 62.5 Å². The number of pyridine rings is 1. The van der Waals surface area contributed by atoms with Crippen LogP contribution in [0.2, 0.25) is 0 Å². The number of unbranched alkanes of at least 4 members (excludes halogenated alkanes) is 2. The molecule has 4 heteroatoms. The van der Waals surface area contributed by atoms with Gasteiger partial charge in [0, 0.05) is 29.9 Å². The molecule has 25 heavy (non-hydrogen) atoms. The van der Waals surface area contributed by atoms with E-state index in [4.69, 9.17) is 10.1 Å². The smallest absolute Gasteiger partial charge is 0.303 e. The first-order valence-corrected chi connectivity index (χ1v) is 8.83. The van der Waals surface area contributed by atoms with Crippen LogP contribution in [-0.4, -0.2) is 21.8 Å². The fourth-order valence-electron chi connectivity index (χ4n) is 3.55. The number of aliphatic imine (C=N–C) groups is 1. The molecule has 1 aliphatic rings. The molecule has 0 spiro atoms. The lowest BCUT2D eigenvalue weighted by molar-refractivity contribution is -0.137. The van der Waals surface area contributed by atoms with Crippen molar-refractivity contribution in [3.8, 4) is 11.1 Å². The van der Waals surface area contributed by atoms with Crippen molar-refractivity contribution < 1.29 is 9.90 Å². The van der Waals surface area contributed by atoms with Crippen molar-refractivity contribution in [2.75, 3.05) is 0 Å². The number of rotatable bonds is 7. The van der Waals surface area contributed by atoms with Gasteiger partial charge in [0.25, 0.3) is 0 Å². The van der Waals surface area contributed by atoms with E-state index < -0.39 is 5.97 Å². The lowest BCUT2D eigenvalue weighted by Gasteiger charge is -2.26. The summed E-state index contributed by atoms with van der Waals surface area (Å²) in [4.78, 5) is 19.5. The molecular weight excluding hydrogens is 312 g/mol. The first kappa shape index (κ1) is 17.3. The Kier molecular flexibility index (Phi) is 4.98. The highest BCUT2D eigenvalue weighted by Gasteiger charge is 2.36. The summed E-state index contributed by atoms with van der Waals surface area (Å²) in [5.74, 6) is -0.711. The Morgan fingerprint density at radius 2 is 1.84 bits per heavy atom. The van der Waals surface area contributed by atoms with Gasteiger partial charge in [0.1, 0.15) is 0 Å². The Balaban J connectivity index is 1.78. The van der Waals surface area contributed by atoms with Crippen LogP contribution in [0.3, 0.4) is 0 Å². The van der Waals surface area contributed by atoms with E-state index in [2.05, 4.69) is 37.0 Å². The molecule has 0 saturated heterocycles. The third-order valence-corrected chi connectivity index (χ3v) is 5.26. The molecule has 0 bridgehead atoms. The van der Waals surface area contributed by atoms with E-state index in [1.807, 2.05) is 24.5 Å². The standard InChI is InChI=1S/C21H24N2O2/c1-15-21(2,11-5-3-4-6-20(24)25)18-14-17(7-8-19(18)23-15)16-9-12-22-13-10-16/h7-10,12-14H,3-6,11H2,1-2H3,(H,24,25). The van der Waals surface area contributed by atoms with Crippen LogP contribution in [0.4, 0.5) is 5.69 Å². The molecule has 0 aliphatic carbocycles. The molecule has 130 valence electrons. The van der Waals surface area contributed by atoms with Crippen molar-refractivity contribution in [1.82, 2.24) is 4.98 Å². The predicted molar refractivity (Wildman–Crippen MR) is 101 cm³/mol. The molecule has 0 saturated carbocycles. The lowest BCUT2D eigenvalue weighted by atomic mass is 9.75. The second-order valence-electron chi connectivity index (χ2n) is 6.95. The number of aliphatic carboxylic acids is 1. The SMILES string of the molecule is CC1=Nc2ccc(-c3ccncc3)cc2C1(C)CCCCCC(=O)O. The van der Waals surface area contributed by atoms with E-state index in [0.717, 1.165) is 42.6 Å². The predicted octanol–water partition coefficient (Wildman–Crippen LogP) is 5.15. The summed E-state index contributed by atoms with van der Waals surface area (Å²) in [6.07, 6.45) is 7.56. The maximum atomic E-state index is 10.6. The quantitative estimate of drug-likeness (QED) is 0.711. The highest BCUT2D eigenvalue weighted by Crippen LogP contribution is 2.44. The summed E-state index contributed by atoms with van der Waals surface area (Å²) in [5.41, 5.74) is 5.75. The number of benzene rings is 1. The van der Waals surface area contributed by atoms with E-state index >= 15 is 0 Å². The van der Waals surface area contributed by atoms with Crippen LogP contribution in [-0.2, 0) is 10.2 Å². The minimum Gasteiger partial charge on any atom is -0.481 e. The molecule has 1 atom stereocenters. The fourth-order valence-corrected chi connectivity index (χ4v) is 3.55. The van der Waals surface area contributed by atoms with Crippen LogP contribution in [0, 0.1) is 0 Å². The maximum absolute atomic E-state index is 10.6. The van der Waals surface area contributed by atoms with Crippen LogP contribution >= 0.6 is 0 Å². The van der Waals surface area contributed by atoms with E-state index in [9.17, 15) is 4.79 Å². The number of aromatic nitrogens is 1. The van der Waals surface area contributed by atoms with Gasteiger partial charge in [-0.05, 0) is 60.7 Å². The molecule has 1 unspecified atom stereocenters. The molecule has 1 aromatic heterocycles. The van der Waals surface area contributed by atoms with Crippen molar-refractivity contribution in [2.24, 2.45) is 4.99 Å². The fraction of sp³-hybridized carbons (Fsp3) is 0.381. The van der Waals surface area contributed by atoms with Gasteiger partial charge in [-0.15, -0.1) is 0 Å². The third kappa shape index (κ3) is 3.63. The molecule has 4 nitrogen and oxygen atoms in total. The van der Waals surface area contributed by atoms with Crippen LogP contribution < -0.4 is 0 Å². The van der Waals surface area contributed by atoms with Gasteiger partial charge < -0.3 is 5.11 Å². The first-order valence-electron chi connectivity index (χ1n) is 8.83. The summed E-state index contributed by atoms with van der Waals surface area (Å²) in [5, 5.41) is 8.76. The zero-order valence-electron chi connectivity index (χ0n) is 14.8. The van der Waals surface area contributed by atoms with Crippen LogP contribution in [0.25, 0.3) is 11.1 Å². The first-order chi connectivity index (χ1) is 12.0. The number of carboxylic acid groups (broad SMARTS) is 1. The van der Waals surface area contributed by atoms with Crippen molar-refractivity contribution >= 4 is 17.4 Å². The molecule has 1 aliphatic heterocycles. The summed E-state index contributed by atoms with van der Waals surface area (Å²) >= 11 is 0. The molecule has 2 aromatic rings. The Morgan fingerprint density at radius 1 is 1.08 bits per heavy atom.